The fraction of sp³-hybridized carbons (Fsp3) is 0.459. The Morgan fingerprint density at radius 2 is 1.61 bits per heavy atom. The predicted molar refractivity (Wildman–Crippen MR) is 175 cm³/mol. The molecule has 2 N–H and O–H groups in total. The van der Waals surface area contributed by atoms with Gasteiger partial charge in [0, 0.05) is 44.2 Å². The van der Waals surface area contributed by atoms with Gasteiger partial charge in [0.15, 0.2) is 6.29 Å². The first-order valence-corrected chi connectivity index (χ1v) is 16.8. The summed E-state index contributed by atoms with van der Waals surface area (Å²) in [6.07, 6.45) is -5.47. The third-order valence-electron chi connectivity index (χ3n) is 9.69. The molecule has 3 aliphatic heterocycles. The number of hydrogen-bond donors (Lipinski definition) is 2. The van der Waals surface area contributed by atoms with Crippen LogP contribution in [0.15, 0.2) is 72.8 Å². The number of rotatable bonds is 9. The first-order valence-electron chi connectivity index (χ1n) is 16.8. The van der Waals surface area contributed by atoms with Crippen molar-refractivity contribution in [2.75, 3.05) is 39.4 Å². The topological polar surface area (TPSA) is 101 Å². The van der Waals surface area contributed by atoms with Gasteiger partial charge in [-0.05, 0) is 40.7 Å². The summed E-state index contributed by atoms with van der Waals surface area (Å²) in [7, 11) is 0. The highest BCUT2D eigenvalue weighted by atomic mass is 19.4. The van der Waals surface area contributed by atoms with Gasteiger partial charge in [0.05, 0.1) is 32.0 Å². The van der Waals surface area contributed by atoms with E-state index in [1.165, 1.54) is 0 Å². The second-order valence-corrected chi connectivity index (χ2v) is 12.9. The average Bonchev–Trinajstić information content (AvgIpc) is 3.62. The number of halogens is 3. The number of carbonyl (C=O) groups excluding carboxylic acids is 2. The summed E-state index contributed by atoms with van der Waals surface area (Å²) in [5.74, 6) is -2.53. The lowest BCUT2D eigenvalue weighted by Gasteiger charge is -2.43. The number of nitrogens with one attached hydrogen (secondary N) is 1. The highest BCUT2D eigenvalue weighted by Gasteiger charge is 2.47. The zero-order chi connectivity index (χ0) is 34.5. The van der Waals surface area contributed by atoms with Crippen LogP contribution in [0.25, 0.3) is 11.1 Å². The highest BCUT2D eigenvalue weighted by Crippen LogP contribution is 2.42. The number of carbonyl (C=O) groups is 2. The molecule has 5 atom stereocenters. The molecule has 3 heterocycles. The van der Waals surface area contributed by atoms with E-state index < -0.39 is 30.3 Å². The molecular formula is C37H42F3N3O6. The van der Waals surface area contributed by atoms with Crippen molar-refractivity contribution in [2.45, 2.75) is 63.6 Å². The number of alkyl halides is 3. The van der Waals surface area contributed by atoms with E-state index in [1.807, 2.05) is 72.8 Å². The molecule has 9 nitrogen and oxygen atoms in total. The number of benzene rings is 3. The zero-order valence-corrected chi connectivity index (χ0v) is 27.4. The standard InChI is InChI=1S/C37H42F3N3O6/c1-24-32(22-42-17-19-47-20-18-42)48-35(49-33(24)27-10-8-25(23-44)9-11-27)28-14-12-26(13-15-28)30-6-3-2-5-29(30)21-41-34(45)31-7-4-16-43(31)36(46)37(38,39)40/h2-3,5-6,8-15,24,31-33,35,44H,4,7,16-23H2,1H3,(H,41,45)/t24-,31+,32+,33+,35+/m1/s1. The number of morpholine rings is 1. The second kappa shape index (κ2) is 15.4. The number of hydrogen-bond acceptors (Lipinski definition) is 7. The Balaban J connectivity index is 1.17. The molecule has 0 saturated carbocycles. The third kappa shape index (κ3) is 8.16. The maximum absolute atomic E-state index is 13.1. The van der Waals surface area contributed by atoms with Crippen LogP contribution < -0.4 is 5.32 Å². The first-order chi connectivity index (χ1) is 23.6. The van der Waals surface area contributed by atoms with E-state index in [-0.39, 0.29) is 44.2 Å². The van der Waals surface area contributed by atoms with Gasteiger partial charge in [-0.2, -0.15) is 13.2 Å². The normalized spacial score (nSPS) is 24.9. The van der Waals surface area contributed by atoms with Crippen LogP contribution in [-0.4, -0.2) is 84.4 Å². The van der Waals surface area contributed by atoms with E-state index in [0.717, 1.165) is 53.0 Å². The van der Waals surface area contributed by atoms with Crippen LogP contribution in [-0.2, 0) is 37.0 Å². The second-order valence-electron chi connectivity index (χ2n) is 12.9. The Hall–Kier alpha value is -3.81. The highest BCUT2D eigenvalue weighted by molar-refractivity contribution is 5.90. The van der Waals surface area contributed by atoms with Gasteiger partial charge in [0.2, 0.25) is 5.91 Å². The Morgan fingerprint density at radius 3 is 2.31 bits per heavy atom. The molecule has 3 aliphatic rings. The van der Waals surface area contributed by atoms with Gasteiger partial charge in [0.1, 0.15) is 6.04 Å². The summed E-state index contributed by atoms with van der Waals surface area (Å²) in [4.78, 5) is 27.8. The molecule has 262 valence electrons. The van der Waals surface area contributed by atoms with E-state index in [1.54, 1.807) is 0 Å². The summed E-state index contributed by atoms with van der Waals surface area (Å²) < 4.78 is 58.0. The number of nitrogens with zero attached hydrogens (tertiary/aromatic N) is 2. The largest absolute Gasteiger partial charge is 0.471 e. The van der Waals surface area contributed by atoms with Crippen molar-refractivity contribution in [1.29, 1.82) is 0 Å². The minimum absolute atomic E-state index is 0.0311. The average molecular weight is 682 g/mol. The minimum atomic E-state index is -5.02. The molecule has 49 heavy (non-hydrogen) atoms. The number of aliphatic hydroxyl groups excluding tert-OH is 1. The summed E-state index contributed by atoms with van der Waals surface area (Å²) in [5, 5.41) is 12.3. The van der Waals surface area contributed by atoms with Crippen molar-refractivity contribution >= 4 is 11.8 Å². The van der Waals surface area contributed by atoms with Gasteiger partial charge in [-0.25, -0.2) is 0 Å². The minimum Gasteiger partial charge on any atom is -0.392 e. The van der Waals surface area contributed by atoms with Crippen LogP contribution in [0, 0.1) is 5.92 Å². The third-order valence-corrected chi connectivity index (χ3v) is 9.69. The number of amides is 2. The summed E-state index contributed by atoms with van der Waals surface area (Å²) in [6, 6.07) is 22.0. The van der Waals surface area contributed by atoms with Crippen LogP contribution in [0.5, 0.6) is 0 Å². The molecule has 0 radical (unpaired) electrons. The Bertz CT molecular complexity index is 1580. The Labute approximate surface area is 283 Å². The van der Waals surface area contributed by atoms with Crippen LogP contribution in [0.2, 0.25) is 0 Å². The molecule has 3 fully saturated rings. The smallest absolute Gasteiger partial charge is 0.392 e. The number of likely N-dealkylation sites (tertiary alicyclic amines) is 1. The molecule has 3 aromatic carbocycles. The van der Waals surface area contributed by atoms with Gasteiger partial charge < -0.3 is 29.5 Å². The fourth-order valence-electron chi connectivity index (χ4n) is 6.89. The molecule has 6 rings (SSSR count). The van der Waals surface area contributed by atoms with Gasteiger partial charge in [-0.15, -0.1) is 0 Å². The van der Waals surface area contributed by atoms with Crippen molar-refractivity contribution in [3.63, 3.8) is 0 Å². The molecular weight excluding hydrogens is 639 g/mol. The first kappa shape index (κ1) is 35.0. The van der Waals surface area contributed by atoms with Crippen molar-refractivity contribution < 1.29 is 42.1 Å². The summed E-state index contributed by atoms with van der Waals surface area (Å²) in [6.45, 7) is 5.91. The lowest BCUT2D eigenvalue weighted by atomic mass is 9.90. The number of ether oxygens (including phenoxy) is 3. The molecule has 3 saturated heterocycles. The SMILES string of the molecule is C[C@@H]1[C@H](CN2CCOCC2)O[C@H](c2ccc(-c3ccccc3CNC(=O)[C@@H]3CCCN3C(=O)C(F)(F)F)cc2)O[C@@H]1c1ccc(CO)cc1. The maximum atomic E-state index is 13.1. The van der Waals surface area contributed by atoms with Gasteiger partial charge in [-0.3, -0.25) is 14.5 Å². The van der Waals surface area contributed by atoms with Crippen molar-refractivity contribution in [2.24, 2.45) is 5.92 Å². The molecule has 0 unspecified atom stereocenters. The molecule has 0 aliphatic carbocycles. The predicted octanol–water partition coefficient (Wildman–Crippen LogP) is 5.14. The van der Waals surface area contributed by atoms with Crippen LogP contribution >= 0.6 is 0 Å². The summed E-state index contributed by atoms with van der Waals surface area (Å²) in [5.41, 5.74) is 5.22. The quantitative estimate of drug-likeness (QED) is 0.323. The Kier molecular flexibility index (Phi) is 11.0. The molecule has 2 amide bonds. The van der Waals surface area contributed by atoms with Crippen LogP contribution in [0.1, 0.15) is 54.4 Å². The molecule has 0 bridgehead atoms. The van der Waals surface area contributed by atoms with E-state index >= 15 is 0 Å². The monoisotopic (exact) mass is 681 g/mol. The van der Waals surface area contributed by atoms with E-state index in [2.05, 4.69) is 17.1 Å². The molecule has 0 spiro atoms. The number of aliphatic hydroxyl groups is 1. The van der Waals surface area contributed by atoms with Gasteiger partial charge >= 0.3 is 12.1 Å². The van der Waals surface area contributed by atoms with Crippen molar-refractivity contribution in [3.05, 3.63) is 95.1 Å². The van der Waals surface area contributed by atoms with E-state index in [9.17, 15) is 27.9 Å². The van der Waals surface area contributed by atoms with E-state index in [4.69, 9.17) is 14.2 Å². The maximum Gasteiger partial charge on any atom is 0.471 e. The lowest BCUT2D eigenvalue weighted by Crippen LogP contribution is -2.50. The molecule has 0 aromatic heterocycles. The molecule has 3 aromatic rings. The fourth-order valence-corrected chi connectivity index (χ4v) is 6.89. The van der Waals surface area contributed by atoms with Crippen LogP contribution in [0.4, 0.5) is 13.2 Å². The van der Waals surface area contributed by atoms with Crippen molar-refractivity contribution in [3.8, 4) is 11.1 Å². The summed E-state index contributed by atoms with van der Waals surface area (Å²) >= 11 is 0. The zero-order valence-electron chi connectivity index (χ0n) is 27.4. The molecule has 12 heteroatoms. The van der Waals surface area contributed by atoms with Gasteiger partial charge in [-0.1, -0.05) is 79.7 Å². The van der Waals surface area contributed by atoms with Gasteiger partial charge in [0.25, 0.3) is 0 Å². The Morgan fingerprint density at radius 1 is 0.918 bits per heavy atom. The van der Waals surface area contributed by atoms with Crippen molar-refractivity contribution in [1.82, 2.24) is 15.1 Å². The lowest BCUT2D eigenvalue weighted by molar-refractivity contribution is -0.277. The van der Waals surface area contributed by atoms with Crippen LogP contribution in [0.3, 0.4) is 0 Å². The van der Waals surface area contributed by atoms with E-state index in [0.29, 0.717) is 24.5 Å².